The highest BCUT2D eigenvalue weighted by atomic mass is 16.1. The summed E-state index contributed by atoms with van der Waals surface area (Å²) in [7, 11) is 0. The maximum atomic E-state index is 10.5. The molecule has 1 aliphatic rings. The highest BCUT2D eigenvalue weighted by Crippen LogP contribution is 2.13. The summed E-state index contributed by atoms with van der Waals surface area (Å²) in [5, 5.41) is 0. The van der Waals surface area contributed by atoms with E-state index in [1.807, 2.05) is 0 Å². The molecule has 0 radical (unpaired) electrons. The molecule has 1 rings (SSSR count). The van der Waals surface area contributed by atoms with Crippen molar-refractivity contribution in [2.75, 3.05) is 13.1 Å². The summed E-state index contributed by atoms with van der Waals surface area (Å²) in [6, 6.07) is 0. The van der Waals surface area contributed by atoms with Crippen molar-refractivity contribution in [3.63, 3.8) is 0 Å². The zero-order valence-electron chi connectivity index (χ0n) is 6.82. The van der Waals surface area contributed by atoms with Crippen LogP contribution in [0.5, 0.6) is 0 Å². The van der Waals surface area contributed by atoms with E-state index >= 15 is 0 Å². The summed E-state index contributed by atoms with van der Waals surface area (Å²) >= 11 is 0. The first-order chi connectivity index (χ1) is 5.72. The Morgan fingerprint density at radius 1 is 1.42 bits per heavy atom. The van der Waals surface area contributed by atoms with E-state index < -0.39 is 5.91 Å². The van der Waals surface area contributed by atoms with E-state index in [0.717, 1.165) is 24.8 Å². The maximum Gasteiger partial charge on any atom is 0.241 e. The second-order valence-corrected chi connectivity index (χ2v) is 2.85. The number of nitrogens with zero attached hydrogens (tertiary/aromatic N) is 1. The molecule has 0 aromatic heterocycles. The predicted molar refractivity (Wildman–Crippen MR) is 44.1 cm³/mol. The average molecular weight is 168 g/mol. The Morgan fingerprint density at radius 2 is 2.00 bits per heavy atom. The fourth-order valence-electron chi connectivity index (χ4n) is 1.26. The van der Waals surface area contributed by atoms with Gasteiger partial charge in [0, 0.05) is 19.2 Å². The van der Waals surface area contributed by atoms with Crippen LogP contribution in [-0.2, 0) is 9.59 Å². The lowest BCUT2D eigenvalue weighted by Crippen LogP contribution is -2.29. The minimum Gasteiger partial charge on any atom is -0.366 e. The number of piperidine rings is 1. The molecule has 0 unspecified atom stereocenters. The first-order valence-corrected chi connectivity index (χ1v) is 3.90. The largest absolute Gasteiger partial charge is 0.366 e. The lowest BCUT2D eigenvalue weighted by atomic mass is 10.0. The highest BCUT2D eigenvalue weighted by molar-refractivity contribution is 5.86. The summed E-state index contributed by atoms with van der Waals surface area (Å²) < 4.78 is 0. The minimum absolute atomic E-state index is 0.399. The molecule has 2 N–H and O–H groups in total. The van der Waals surface area contributed by atoms with Crippen LogP contribution in [0.25, 0.3) is 0 Å². The lowest BCUT2D eigenvalue weighted by Gasteiger charge is -2.24. The van der Waals surface area contributed by atoms with E-state index in [9.17, 15) is 9.59 Å². The predicted octanol–water partition coefficient (Wildman–Crippen LogP) is -0.350. The van der Waals surface area contributed by atoms with Crippen molar-refractivity contribution in [3.05, 3.63) is 11.6 Å². The molecule has 4 nitrogen and oxygen atoms in total. The summed E-state index contributed by atoms with van der Waals surface area (Å²) in [6.45, 7) is 1.39. The third kappa shape index (κ3) is 2.38. The van der Waals surface area contributed by atoms with Gasteiger partial charge in [-0.3, -0.25) is 9.59 Å². The molecule has 1 fully saturated rings. The van der Waals surface area contributed by atoms with Crippen LogP contribution in [0.3, 0.4) is 0 Å². The second-order valence-electron chi connectivity index (χ2n) is 2.85. The van der Waals surface area contributed by atoms with Gasteiger partial charge in [0.2, 0.25) is 12.3 Å². The Hall–Kier alpha value is -1.32. The normalized spacial score (nSPS) is 17.3. The summed E-state index contributed by atoms with van der Waals surface area (Å²) in [5.74, 6) is -0.399. The Balaban J connectivity index is 2.45. The molecule has 2 amide bonds. The van der Waals surface area contributed by atoms with Crippen LogP contribution in [0.1, 0.15) is 12.8 Å². The summed E-state index contributed by atoms with van der Waals surface area (Å²) in [5.41, 5.74) is 6.03. The molecule has 0 spiro atoms. The van der Waals surface area contributed by atoms with Gasteiger partial charge in [0.15, 0.2) is 0 Å². The molecule has 0 aromatic rings. The number of nitrogens with two attached hydrogens (primary N) is 1. The zero-order chi connectivity index (χ0) is 8.97. The fraction of sp³-hybridized carbons (Fsp3) is 0.500. The van der Waals surface area contributed by atoms with Crippen LogP contribution in [0.15, 0.2) is 11.6 Å². The molecule has 0 saturated carbocycles. The van der Waals surface area contributed by atoms with E-state index in [4.69, 9.17) is 5.73 Å². The van der Waals surface area contributed by atoms with Crippen molar-refractivity contribution in [2.24, 2.45) is 5.73 Å². The Labute approximate surface area is 71.0 Å². The van der Waals surface area contributed by atoms with Crippen LogP contribution < -0.4 is 5.73 Å². The zero-order valence-corrected chi connectivity index (χ0v) is 6.82. The van der Waals surface area contributed by atoms with Crippen molar-refractivity contribution in [2.45, 2.75) is 12.8 Å². The molecule has 0 bridgehead atoms. The first kappa shape index (κ1) is 8.77. The number of carbonyl (C=O) groups excluding carboxylic acids is 2. The van der Waals surface area contributed by atoms with Crippen LogP contribution in [0, 0.1) is 0 Å². The number of rotatable bonds is 2. The van der Waals surface area contributed by atoms with Crippen molar-refractivity contribution in [1.29, 1.82) is 0 Å². The van der Waals surface area contributed by atoms with Crippen molar-refractivity contribution >= 4 is 12.3 Å². The Morgan fingerprint density at radius 3 is 2.42 bits per heavy atom. The van der Waals surface area contributed by atoms with Gasteiger partial charge in [0.05, 0.1) is 0 Å². The average Bonchev–Trinajstić information content (AvgIpc) is 2.05. The van der Waals surface area contributed by atoms with Gasteiger partial charge < -0.3 is 10.6 Å². The third-order valence-electron chi connectivity index (χ3n) is 1.94. The van der Waals surface area contributed by atoms with Crippen LogP contribution in [-0.4, -0.2) is 30.3 Å². The highest BCUT2D eigenvalue weighted by Gasteiger charge is 2.11. The first-order valence-electron chi connectivity index (χ1n) is 3.90. The number of hydrogen-bond acceptors (Lipinski definition) is 2. The molecular weight excluding hydrogens is 156 g/mol. The van der Waals surface area contributed by atoms with Gasteiger partial charge in [-0.1, -0.05) is 5.57 Å². The lowest BCUT2D eigenvalue weighted by molar-refractivity contribution is -0.118. The molecule has 0 aliphatic carbocycles. The molecule has 0 aromatic carbocycles. The van der Waals surface area contributed by atoms with E-state index in [2.05, 4.69) is 0 Å². The molecule has 12 heavy (non-hydrogen) atoms. The number of hydrogen-bond donors (Lipinski definition) is 1. The van der Waals surface area contributed by atoms with Crippen molar-refractivity contribution in [3.8, 4) is 0 Å². The molecule has 66 valence electrons. The number of amides is 2. The molecular formula is C8H12N2O2. The number of primary amides is 1. The molecule has 1 heterocycles. The molecule has 1 saturated heterocycles. The monoisotopic (exact) mass is 168 g/mol. The van der Waals surface area contributed by atoms with Crippen LogP contribution in [0.2, 0.25) is 0 Å². The number of carbonyl (C=O) groups is 2. The Kier molecular flexibility index (Phi) is 2.85. The van der Waals surface area contributed by atoms with E-state index in [-0.39, 0.29) is 0 Å². The maximum absolute atomic E-state index is 10.5. The summed E-state index contributed by atoms with van der Waals surface area (Å²) in [6.07, 6.45) is 3.83. The van der Waals surface area contributed by atoms with Crippen molar-refractivity contribution in [1.82, 2.24) is 4.90 Å². The minimum atomic E-state index is -0.399. The van der Waals surface area contributed by atoms with Crippen LogP contribution >= 0.6 is 0 Å². The SMILES string of the molecule is NC(=O)C=C1CCN(C=O)CC1. The quantitative estimate of drug-likeness (QED) is 0.452. The third-order valence-corrected chi connectivity index (χ3v) is 1.94. The van der Waals surface area contributed by atoms with Gasteiger partial charge in [-0.05, 0) is 12.8 Å². The van der Waals surface area contributed by atoms with Gasteiger partial charge >= 0.3 is 0 Å². The topological polar surface area (TPSA) is 63.4 Å². The van der Waals surface area contributed by atoms with E-state index in [1.165, 1.54) is 6.08 Å². The molecule has 4 heteroatoms. The van der Waals surface area contributed by atoms with Crippen LogP contribution in [0.4, 0.5) is 0 Å². The fourth-order valence-corrected chi connectivity index (χ4v) is 1.26. The van der Waals surface area contributed by atoms with Gasteiger partial charge in [-0.25, -0.2) is 0 Å². The Bertz CT molecular complexity index is 213. The smallest absolute Gasteiger partial charge is 0.241 e. The van der Waals surface area contributed by atoms with Gasteiger partial charge in [0.25, 0.3) is 0 Å². The summed E-state index contributed by atoms with van der Waals surface area (Å²) in [4.78, 5) is 22.5. The molecule has 0 atom stereocenters. The number of likely N-dealkylation sites (tertiary alicyclic amines) is 1. The standard InChI is InChI=1S/C8H12N2O2/c9-8(12)5-7-1-3-10(6-11)4-2-7/h5-6H,1-4H2,(H2,9,12). The van der Waals surface area contributed by atoms with Gasteiger partial charge in [-0.15, -0.1) is 0 Å². The molecule has 1 aliphatic heterocycles. The van der Waals surface area contributed by atoms with Crippen molar-refractivity contribution < 1.29 is 9.59 Å². The van der Waals surface area contributed by atoms with Gasteiger partial charge in [-0.2, -0.15) is 0 Å². The van der Waals surface area contributed by atoms with E-state index in [1.54, 1.807) is 4.90 Å². The van der Waals surface area contributed by atoms with E-state index in [0.29, 0.717) is 13.1 Å². The van der Waals surface area contributed by atoms with Gasteiger partial charge in [0.1, 0.15) is 0 Å². The second kappa shape index (κ2) is 3.90.